The van der Waals surface area contributed by atoms with Gasteiger partial charge in [-0.15, -0.1) is 0 Å². The first-order valence-electron chi connectivity index (χ1n) is 7.07. The van der Waals surface area contributed by atoms with Crippen LogP contribution in [-0.2, 0) is 0 Å². The van der Waals surface area contributed by atoms with Gasteiger partial charge in [0.05, 0.1) is 0 Å². The third-order valence-electron chi connectivity index (χ3n) is 4.02. The van der Waals surface area contributed by atoms with E-state index in [1.807, 2.05) is 25.1 Å². The lowest BCUT2D eigenvalue weighted by Gasteiger charge is -2.30. The van der Waals surface area contributed by atoms with Gasteiger partial charge in [-0.3, -0.25) is 4.90 Å². The number of nitrogens with one attached hydrogen (secondary N) is 1. The molecule has 1 aromatic heterocycles. The predicted molar refractivity (Wildman–Crippen MR) is 83.8 cm³/mol. The topological polar surface area (TPSA) is 39.3 Å². The summed E-state index contributed by atoms with van der Waals surface area (Å²) in [6, 6.07) is 5.92. The fourth-order valence-electron chi connectivity index (χ4n) is 2.82. The van der Waals surface area contributed by atoms with E-state index in [2.05, 4.69) is 22.2 Å². The summed E-state index contributed by atoms with van der Waals surface area (Å²) >= 11 is 6.10. The molecule has 3 nitrogen and oxygen atoms in total. The molecule has 0 saturated heterocycles. The van der Waals surface area contributed by atoms with Gasteiger partial charge in [-0.25, -0.2) is 0 Å². The Morgan fingerprint density at radius 2 is 2.30 bits per heavy atom. The molecule has 0 aliphatic carbocycles. The van der Waals surface area contributed by atoms with Crippen molar-refractivity contribution in [3.05, 3.63) is 41.1 Å². The number of H-pyrrole nitrogens is 1. The lowest BCUT2D eigenvalue weighted by atomic mass is 9.98. The van der Waals surface area contributed by atoms with E-state index >= 15 is 0 Å². The summed E-state index contributed by atoms with van der Waals surface area (Å²) in [5.41, 5.74) is 3.67. The zero-order valence-corrected chi connectivity index (χ0v) is 12.3. The van der Waals surface area contributed by atoms with Gasteiger partial charge in [0.15, 0.2) is 0 Å². The number of nitrogens with zero attached hydrogens (tertiary/aromatic N) is 1. The lowest BCUT2D eigenvalue weighted by Crippen LogP contribution is -2.37. The molecule has 2 aromatic rings. The van der Waals surface area contributed by atoms with E-state index in [4.69, 9.17) is 11.6 Å². The van der Waals surface area contributed by atoms with Gasteiger partial charge in [0.25, 0.3) is 0 Å². The van der Waals surface area contributed by atoms with Crippen LogP contribution in [0.25, 0.3) is 16.5 Å². The Morgan fingerprint density at radius 3 is 3.00 bits per heavy atom. The Labute approximate surface area is 123 Å². The molecule has 4 heteroatoms. The third-order valence-corrected chi connectivity index (χ3v) is 4.25. The van der Waals surface area contributed by atoms with Crippen LogP contribution in [0.1, 0.15) is 25.3 Å². The number of fused-ring (bicyclic) bond motifs is 1. The van der Waals surface area contributed by atoms with Gasteiger partial charge in [-0.1, -0.05) is 24.6 Å². The fourth-order valence-corrected chi connectivity index (χ4v) is 2.99. The summed E-state index contributed by atoms with van der Waals surface area (Å²) in [5.74, 6) is 0. The molecular weight excluding hydrogens is 272 g/mol. The van der Waals surface area contributed by atoms with Gasteiger partial charge in [0.1, 0.15) is 6.23 Å². The van der Waals surface area contributed by atoms with Crippen LogP contribution in [0.5, 0.6) is 0 Å². The number of rotatable bonds is 3. The maximum absolute atomic E-state index is 9.88. The molecule has 1 atom stereocenters. The largest absolute Gasteiger partial charge is 0.378 e. The van der Waals surface area contributed by atoms with Crippen molar-refractivity contribution < 1.29 is 5.11 Å². The highest BCUT2D eigenvalue weighted by Gasteiger charge is 2.19. The van der Waals surface area contributed by atoms with E-state index in [1.165, 1.54) is 16.5 Å². The van der Waals surface area contributed by atoms with Crippen LogP contribution in [0, 0.1) is 0 Å². The molecule has 106 valence electrons. The Balaban J connectivity index is 1.89. The molecule has 2 N–H and O–H groups in total. The summed E-state index contributed by atoms with van der Waals surface area (Å²) in [7, 11) is 0. The molecule has 0 fully saturated rings. The Morgan fingerprint density at radius 1 is 1.45 bits per heavy atom. The minimum atomic E-state index is -0.329. The van der Waals surface area contributed by atoms with E-state index in [9.17, 15) is 5.11 Å². The number of benzene rings is 1. The van der Waals surface area contributed by atoms with Gasteiger partial charge >= 0.3 is 0 Å². The second-order valence-corrected chi connectivity index (χ2v) is 5.69. The fraction of sp³-hybridized carbons (Fsp3) is 0.375. The standard InChI is InChI=1S/C16H19ClN2O/c1-2-16(20)19-7-5-11(6-8-19)14-10-18-15-4-3-12(17)9-13(14)15/h3-5,9-10,16,18,20H,2,6-8H2,1H3. The van der Waals surface area contributed by atoms with E-state index in [0.29, 0.717) is 0 Å². The molecule has 0 spiro atoms. The smallest absolute Gasteiger partial charge is 0.107 e. The number of hydrogen-bond acceptors (Lipinski definition) is 2. The van der Waals surface area contributed by atoms with Gasteiger partial charge in [-0.05, 0) is 36.6 Å². The quantitative estimate of drug-likeness (QED) is 0.906. The van der Waals surface area contributed by atoms with Crippen molar-refractivity contribution in [3.63, 3.8) is 0 Å². The SMILES string of the molecule is CCC(O)N1CC=C(c2c[nH]c3ccc(Cl)cc23)CC1. The van der Waals surface area contributed by atoms with Crippen LogP contribution < -0.4 is 0 Å². The number of hydrogen-bond donors (Lipinski definition) is 2. The number of halogens is 1. The second-order valence-electron chi connectivity index (χ2n) is 5.26. The molecule has 1 unspecified atom stereocenters. The molecule has 0 amide bonds. The second kappa shape index (κ2) is 5.60. The maximum atomic E-state index is 9.88. The lowest BCUT2D eigenvalue weighted by molar-refractivity contribution is 0.00856. The summed E-state index contributed by atoms with van der Waals surface area (Å²) < 4.78 is 0. The average Bonchev–Trinajstić information content (AvgIpc) is 2.89. The first-order valence-corrected chi connectivity index (χ1v) is 7.45. The van der Waals surface area contributed by atoms with E-state index in [0.717, 1.165) is 36.5 Å². The predicted octanol–water partition coefficient (Wildman–Crippen LogP) is 3.64. The Hall–Kier alpha value is -1.29. The molecule has 0 bridgehead atoms. The highest BCUT2D eigenvalue weighted by molar-refractivity contribution is 6.31. The van der Waals surface area contributed by atoms with Crippen molar-refractivity contribution in [2.24, 2.45) is 0 Å². The Bertz CT molecular complexity index is 647. The van der Waals surface area contributed by atoms with Gasteiger partial charge < -0.3 is 10.1 Å². The summed E-state index contributed by atoms with van der Waals surface area (Å²) in [4.78, 5) is 5.40. The molecule has 1 aliphatic rings. The van der Waals surface area contributed by atoms with Crippen molar-refractivity contribution in [1.82, 2.24) is 9.88 Å². The van der Waals surface area contributed by atoms with Gasteiger partial charge in [-0.2, -0.15) is 0 Å². The van der Waals surface area contributed by atoms with Crippen molar-refractivity contribution in [2.45, 2.75) is 26.0 Å². The molecule has 1 aliphatic heterocycles. The molecule has 2 heterocycles. The third kappa shape index (κ3) is 2.49. The van der Waals surface area contributed by atoms with Crippen LogP contribution >= 0.6 is 11.6 Å². The van der Waals surface area contributed by atoms with Crippen LogP contribution in [0.2, 0.25) is 5.02 Å². The minimum absolute atomic E-state index is 0.329. The van der Waals surface area contributed by atoms with E-state index in [-0.39, 0.29) is 6.23 Å². The van der Waals surface area contributed by atoms with Crippen molar-refractivity contribution >= 4 is 28.1 Å². The van der Waals surface area contributed by atoms with Gasteiger partial charge in [0.2, 0.25) is 0 Å². The van der Waals surface area contributed by atoms with Crippen LogP contribution in [0.4, 0.5) is 0 Å². The molecule has 1 aromatic carbocycles. The molecule has 0 saturated carbocycles. The molecule has 3 rings (SSSR count). The highest BCUT2D eigenvalue weighted by atomic mass is 35.5. The van der Waals surface area contributed by atoms with E-state index < -0.39 is 0 Å². The summed E-state index contributed by atoms with van der Waals surface area (Å²) in [6.07, 6.45) is 5.66. The summed E-state index contributed by atoms with van der Waals surface area (Å²) in [6.45, 7) is 3.71. The molecular formula is C16H19ClN2O. The monoisotopic (exact) mass is 290 g/mol. The zero-order valence-electron chi connectivity index (χ0n) is 11.6. The first-order chi connectivity index (χ1) is 9.69. The van der Waals surface area contributed by atoms with Crippen molar-refractivity contribution in [3.8, 4) is 0 Å². The van der Waals surface area contributed by atoms with E-state index in [1.54, 1.807) is 0 Å². The van der Waals surface area contributed by atoms with Crippen LogP contribution in [0.15, 0.2) is 30.5 Å². The molecule has 0 radical (unpaired) electrons. The minimum Gasteiger partial charge on any atom is -0.378 e. The average molecular weight is 291 g/mol. The maximum Gasteiger partial charge on any atom is 0.107 e. The van der Waals surface area contributed by atoms with Crippen molar-refractivity contribution in [1.29, 1.82) is 0 Å². The normalized spacial score (nSPS) is 18.2. The van der Waals surface area contributed by atoms with Crippen molar-refractivity contribution in [2.75, 3.05) is 13.1 Å². The number of aliphatic hydroxyl groups excluding tert-OH is 1. The highest BCUT2D eigenvalue weighted by Crippen LogP contribution is 2.31. The number of aromatic nitrogens is 1. The first kappa shape index (κ1) is 13.7. The summed E-state index contributed by atoms with van der Waals surface area (Å²) in [5, 5.41) is 11.8. The number of aromatic amines is 1. The Kier molecular flexibility index (Phi) is 3.83. The zero-order chi connectivity index (χ0) is 14.1. The van der Waals surface area contributed by atoms with Crippen LogP contribution in [-0.4, -0.2) is 34.3 Å². The van der Waals surface area contributed by atoms with Gasteiger partial charge in [0, 0.05) is 40.8 Å². The van der Waals surface area contributed by atoms with Crippen LogP contribution in [0.3, 0.4) is 0 Å². The number of aliphatic hydroxyl groups is 1. The molecule has 20 heavy (non-hydrogen) atoms.